The fourth-order valence-corrected chi connectivity index (χ4v) is 2.02. The first-order valence-corrected chi connectivity index (χ1v) is 6.97. The Hall–Kier alpha value is -1.62. The van der Waals surface area contributed by atoms with Crippen molar-refractivity contribution in [2.24, 2.45) is 5.92 Å². The minimum Gasteiger partial charge on any atom is -0.384 e. The molecule has 1 saturated carbocycles. The van der Waals surface area contributed by atoms with E-state index in [1.807, 2.05) is 0 Å². The first-order valence-electron chi connectivity index (χ1n) is 6.97. The van der Waals surface area contributed by atoms with Crippen molar-refractivity contribution in [3.05, 3.63) is 35.6 Å². The Morgan fingerprint density at radius 1 is 1.35 bits per heavy atom. The van der Waals surface area contributed by atoms with Gasteiger partial charge in [-0.3, -0.25) is 0 Å². The normalized spacial score (nSPS) is 17.4. The topological polar surface area (TPSA) is 61.4 Å². The number of rotatable bonds is 6. The number of carbonyl (C=O) groups excluding carboxylic acids is 1. The van der Waals surface area contributed by atoms with Crippen molar-refractivity contribution in [3.63, 3.8) is 0 Å². The van der Waals surface area contributed by atoms with Gasteiger partial charge in [0.1, 0.15) is 11.4 Å². The van der Waals surface area contributed by atoms with Gasteiger partial charge in [0.2, 0.25) is 0 Å². The quantitative estimate of drug-likeness (QED) is 0.747. The van der Waals surface area contributed by atoms with Crippen molar-refractivity contribution in [2.45, 2.75) is 31.8 Å². The Balaban J connectivity index is 1.75. The zero-order chi connectivity index (χ0) is 14.6. The minimum atomic E-state index is -1.22. The number of benzene rings is 1. The maximum absolute atomic E-state index is 12.8. The number of nitrogens with one attached hydrogen (secondary N) is 2. The van der Waals surface area contributed by atoms with Crippen LogP contribution in [0, 0.1) is 11.7 Å². The average molecular weight is 280 g/mol. The Morgan fingerprint density at radius 3 is 2.60 bits per heavy atom. The van der Waals surface area contributed by atoms with E-state index in [0.717, 1.165) is 12.3 Å². The van der Waals surface area contributed by atoms with Crippen LogP contribution >= 0.6 is 0 Å². The van der Waals surface area contributed by atoms with Gasteiger partial charge in [-0.25, -0.2) is 9.18 Å². The molecule has 1 aliphatic rings. The van der Waals surface area contributed by atoms with Crippen molar-refractivity contribution in [1.29, 1.82) is 0 Å². The molecule has 2 amide bonds. The molecule has 0 aromatic heterocycles. The number of hydrogen-bond acceptors (Lipinski definition) is 2. The average Bonchev–Trinajstić information content (AvgIpc) is 3.21. The number of aliphatic hydroxyl groups is 1. The molecule has 1 aromatic carbocycles. The number of amides is 2. The smallest absolute Gasteiger partial charge is 0.314 e. The van der Waals surface area contributed by atoms with E-state index in [1.54, 1.807) is 6.92 Å². The van der Waals surface area contributed by atoms with E-state index in [9.17, 15) is 14.3 Å². The van der Waals surface area contributed by atoms with Gasteiger partial charge >= 0.3 is 6.03 Å². The molecule has 1 atom stereocenters. The van der Waals surface area contributed by atoms with Crippen LogP contribution in [0.15, 0.2) is 24.3 Å². The van der Waals surface area contributed by atoms with Gasteiger partial charge < -0.3 is 15.7 Å². The van der Waals surface area contributed by atoms with Crippen LogP contribution in [0.25, 0.3) is 0 Å². The lowest BCUT2D eigenvalue weighted by Crippen LogP contribution is -2.43. The molecule has 1 unspecified atom stereocenters. The third-order valence-electron chi connectivity index (χ3n) is 3.59. The van der Waals surface area contributed by atoms with Crippen molar-refractivity contribution in [2.75, 3.05) is 13.1 Å². The van der Waals surface area contributed by atoms with E-state index >= 15 is 0 Å². The third kappa shape index (κ3) is 4.49. The fourth-order valence-electron chi connectivity index (χ4n) is 2.02. The van der Waals surface area contributed by atoms with E-state index < -0.39 is 5.60 Å². The molecule has 1 aromatic rings. The minimum absolute atomic E-state index is 0.0773. The van der Waals surface area contributed by atoms with Gasteiger partial charge in [-0.1, -0.05) is 25.0 Å². The molecule has 0 bridgehead atoms. The molecule has 5 heteroatoms. The molecule has 20 heavy (non-hydrogen) atoms. The fraction of sp³-hybridized carbons (Fsp3) is 0.533. The lowest BCUT2D eigenvalue weighted by molar-refractivity contribution is 0.0593. The summed E-state index contributed by atoms with van der Waals surface area (Å²) in [4.78, 5) is 11.6. The zero-order valence-electron chi connectivity index (χ0n) is 11.7. The van der Waals surface area contributed by atoms with Gasteiger partial charge in [-0.05, 0) is 37.0 Å². The van der Waals surface area contributed by atoms with E-state index in [0.29, 0.717) is 12.1 Å². The summed E-state index contributed by atoms with van der Waals surface area (Å²) in [5.74, 6) is 0.424. The summed E-state index contributed by atoms with van der Waals surface area (Å²) < 4.78 is 12.8. The highest BCUT2D eigenvalue weighted by Crippen LogP contribution is 2.31. The molecule has 0 spiro atoms. The van der Waals surface area contributed by atoms with Gasteiger partial charge in [0.25, 0.3) is 0 Å². The van der Waals surface area contributed by atoms with Crippen LogP contribution in [0.5, 0.6) is 0 Å². The van der Waals surface area contributed by atoms with Gasteiger partial charge in [-0.2, -0.15) is 0 Å². The van der Waals surface area contributed by atoms with E-state index in [-0.39, 0.29) is 18.4 Å². The summed E-state index contributed by atoms with van der Waals surface area (Å²) in [6.45, 7) is 2.33. The van der Waals surface area contributed by atoms with Crippen molar-refractivity contribution < 1.29 is 14.3 Å². The monoisotopic (exact) mass is 280 g/mol. The van der Waals surface area contributed by atoms with Crippen molar-refractivity contribution >= 4 is 6.03 Å². The second-order valence-corrected chi connectivity index (χ2v) is 5.62. The molecule has 110 valence electrons. The summed E-state index contributed by atoms with van der Waals surface area (Å²) >= 11 is 0. The molecule has 0 saturated heterocycles. The Kier molecular flexibility index (Phi) is 4.60. The lowest BCUT2D eigenvalue weighted by Gasteiger charge is -2.24. The number of halogens is 1. The Morgan fingerprint density at radius 2 is 2.00 bits per heavy atom. The van der Waals surface area contributed by atoms with Gasteiger partial charge in [0.15, 0.2) is 0 Å². The molecule has 2 rings (SSSR count). The molecule has 0 heterocycles. The predicted octanol–water partition coefficient (Wildman–Crippen LogP) is 2.13. The standard InChI is InChI=1S/C15H21FN2O2/c1-15(20,12-4-6-13(16)7-5-12)10-18-14(19)17-9-8-11-2-3-11/h4-7,11,20H,2-3,8-10H2,1H3,(H2,17,18,19). The Labute approximate surface area is 118 Å². The maximum atomic E-state index is 12.8. The molecule has 0 aliphatic heterocycles. The van der Waals surface area contributed by atoms with Crippen LogP contribution in [0.2, 0.25) is 0 Å². The van der Waals surface area contributed by atoms with Crippen molar-refractivity contribution in [3.8, 4) is 0 Å². The summed E-state index contributed by atoms with van der Waals surface area (Å²) in [5, 5.41) is 15.7. The molecule has 4 nitrogen and oxygen atoms in total. The maximum Gasteiger partial charge on any atom is 0.314 e. The second-order valence-electron chi connectivity index (χ2n) is 5.62. The van der Waals surface area contributed by atoms with E-state index in [1.165, 1.54) is 37.1 Å². The van der Waals surface area contributed by atoms with E-state index in [4.69, 9.17) is 0 Å². The van der Waals surface area contributed by atoms with Gasteiger partial charge in [-0.15, -0.1) is 0 Å². The molecule has 1 fully saturated rings. The largest absolute Gasteiger partial charge is 0.384 e. The molecular formula is C15H21FN2O2. The van der Waals surface area contributed by atoms with E-state index in [2.05, 4.69) is 10.6 Å². The number of urea groups is 1. The summed E-state index contributed by atoms with van der Waals surface area (Å²) in [5.41, 5.74) is -0.654. The molecule has 1 aliphatic carbocycles. The number of hydrogen-bond donors (Lipinski definition) is 3. The zero-order valence-corrected chi connectivity index (χ0v) is 11.7. The highest BCUT2D eigenvalue weighted by atomic mass is 19.1. The first kappa shape index (κ1) is 14.8. The third-order valence-corrected chi connectivity index (χ3v) is 3.59. The summed E-state index contributed by atoms with van der Waals surface area (Å²) in [7, 11) is 0. The highest BCUT2D eigenvalue weighted by Gasteiger charge is 2.24. The molecule has 0 radical (unpaired) electrons. The predicted molar refractivity (Wildman–Crippen MR) is 74.7 cm³/mol. The van der Waals surface area contributed by atoms with Gasteiger partial charge in [0.05, 0.1) is 6.54 Å². The van der Waals surface area contributed by atoms with Crippen LogP contribution in [-0.2, 0) is 5.60 Å². The first-order chi connectivity index (χ1) is 9.47. The van der Waals surface area contributed by atoms with Crippen LogP contribution in [0.4, 0.5) is 9.18 Å². The summed E-state index contributed by atoms with van der Waals surface area (Å²) in [6.07, 6.45) is 3.55. The SMILES string of the molecule is CC(O)(CNC(=O)NCCC1CC1)c1ccc(F)cc1. The van der Waals surface area contributed by atoms with Crippen LogP contribution in [0.1, 0.15) is 31.7 Å². The number of carbonyl (C=O) groups is 1. The molecule has 3 N–H and O–H groups in total. The van der Waals surface area contributed by atoms with Crippen LogP contribution < -0.4 is 10.6 Å². The Bertz CT molecular complexity index is 455. The molecular weight excluding hydrogens is 259 g/mol. The van der Waals surface area contributed by atoms with Crippen molar-refractivity contribution in [1.82, 2.24) is 10.6 Å². The highest BCUT2D eigenvalue weighted by molar-refractivity contribution is 5.73. The van der Waals surface area contributed by atoms with Crippen LogP contribution in [0.3, 0.4) is 0 Å². The van der Waals surface area contributed by atoms with Gasteiger partial charge in [0, 0.05) is 6.54 Å². The van der Waals surface area contributed by atoms with Crippen LogP contribution in [-0.4, -0.2) is 24.2 Å². The second kappa shape index (κ2) is 6.22. The lowest BCUT2D eigenvalue weighted by atomic mass is 9.96. The summed E-state index contributed by atoms with van der Waals surface area (Å²) in [6, 6.07) is 5.33.